The van der Waals surface area contributed by atoms with Crippen LogP contribution >= 0.6 is 23.7 Å². The van der Waals surface area contributed by atoms with E-state index in [0.717, 1.165) is 24.4 Å². The van der Waals surface area contributed by atoms with Crippen LogP contribution in [0.25, 0.3) is 0 Å². The molecule has 1 saturated heterocycles. The lowest BCUT2D eigenvalue weighted by Crippen LogP contribution is -2.32. The molecule has 2 N–H and O–H groups in total. The van der Waals surface area contributed by atoms with E-state index in [0.29, 0.717) is 5.92 Å². The molecule has 2 atom stereocenters. The lowest BCUT2D eigenvalue weighted by molar-refractivity contribution is 0.0790. The van der Waals surface area contributed by atoms with E-state index in [9.17, 15) is 4.79 Å². The molecule has 0 aromatic carbocycles. The largest absolute Gasteiger partial charge is 0.338 e. The molecule has 1 fully saturated rings. The molecule has 1 aromatic heterocycles. The Balaban J connectivity index is 0.00000162. The summed E-state index contributed by atoms with van der Waals surface area (Å²) in [5.41, 5.74) is 7.10. The summed E-state index contributed by atoms with van der Waals surface area (Å²) in [6.45, 7) is 7.80. The maximum Gasteiger partial charge on any atom is 0.263 e. The van der Waals surface area contributed by atoms with Gasteiger partial charge < -0.3 is 10.6 Å². The SMILES string of the molecule is Cc1cc(C(=O)N2CCC(C(C)N)C2)sc1C.Cl. The first kappa shape index (κ1) is 15.5. The molecule has 3 nitrogen and oxygen atoms in total. The molecule has 1 aliphatic rings. The molecular formula is C13H21ClN2OS. The monoisotopic (exact) mass is 288 g/mol. The van der Waals surface area contributed by atoms with Gasteiger partial charge in [0.25, 0.3) is 5.91 Å². The van der Waals surface area contributed by atoms with E-state index in [2.05, 4.69) is 13.8 Å². The summed E-state index contributed by atoms with van der Waals surface area (Å²) in [7, 11) is 0. The number of hydrogen-bond donors (Lipinski definition) is 1. The average Bonchev–Trinajstić information content (AvgIpc) is 2.86. The molecule has 102 valence electrons. The molecule has 1 aromatic rings. The number of likely N-dealkylation sites (tertiary alicyclic amines) is 1. The summed E-state index contributed by atoms with van der Waals surface area (Å²) in [6, 6.07) is 2.18. The van der Waals surface area contributed by atoms with Crippen molar-refractivity contribution in [2.45, 2.75) is 33.2 Å². The third-order valence-electron chi connectivity index (χ3n) is 3.63. The van der Waals surface area contributed by atoms with Gasteiger partial charge in [-0.2, -0.15) is 0 Å². The molecule has 18 heavy (non-hydrogen) atoms. The second-order valence-corrected chi connectivity index (χ2v) is 6.27. The zero-order valence-corrected chi connectivity index (χ0v) is 12.7. The van der Waals surface area contributed by atoms with Gasteiger partial charge in [0.15, 0.2) is 0 Å². The molecular weight excluding hydrogens is 268 g/mol. The van der Waals surface area contributed by atoms with Crippen molar-refractivity contribution in [2.75, 3.05) is 13.1 Å². The van der Waals surface area contributed by atoms with Crippen molar-refractivity contribution >= 4 is 29.7 Å². The minimum absolute atomic E-state index is 0. The summed E-state index contributed by atoms with van der Waals surface area (Å²) in [6.07, 6.45) is 1.03. The van der Waals surface area contributed by atoms with Gasteiger partial charge in [0, 0.05) is 24.0 Å². The number of aryl methyl sites for hydroxylation is 2. The van der Waals surface area contributed by atoms with E-state index < -0.39 is 0 Å². The van der Waals surface area contributed by atoms with Crippen molar-refractivity contribution in [2.24, 2.45) is 11.7 Å². The smallest absolute Gasteiger partial charge is 0.263 e. The van der Waals surface area contributed by atoms with Gasteiger partial charge in [0.1, 0.15) is 0 Å². The first-order valence-electron chi connectivity index (χ1n) is 6.11. The predicted octanol–water partition coefficient (Wildman–Crippen LogP) is 2.60. The van der Waals surface area contributed by atoms with E-state index in [1.807, 2.05) is 17.9 Å². The Morgan fingerprint density at radius 3 is 2.67 bits per heavy atom. The average molecular weight is 289 g/mol. The maximum absolute atomic E-state index is 12.3. The van der Waals surface area contributed by atoms with Gasteiger partial charge in [0.05, 0.1) is 4.88 Å². The molecule has 0 aliphatic carbocycles. The Labute approximate surface area is 119 Å². The van der Waals surface area contributed by atoms with Crippen molar-refractivity contribution in [1.82, 2.24) is 4.90 Å². The summed E-state index contributed by atoms with van der Waals surface area (Å²) in [4.78, 5) is 16.3. The highest BCUT2D eigenvalue weighted by atomic mass is 35.5. The number of carbonyl (C=O) groups excluding carboxylic acids is 1. The lowest BCUT2D eigenvalue weighted by atomic mass is 10.0. The van der Waals surface area contributed by atoms with Crippen LogP contribution in [-0.4, -0.2) is 29.9 Å². The van der Waals surface area contributed by atoms with E-state index in [4.69, 9.17) is 5.73 Å². The van der Waals surface area contributed by atoms with Gasteiger partial charge in [0.2, 0.25) is 0 Å². The number of thiophene rings is 1. The molecule has 2 rings (SSSR count). The standard InChI is InChI=1S/C13H20N2OS.ClH/c1-8-6-12(17-10(8)3)13(16)15-5-4-11(7-15)9(2)14;/h6,9,11H,4-5,7,14H2,1-3H3;1H. The Bertz CT molecular complexity index is 411. The van der Waals surface area contributed by atoms with E-state index in [1.54, 1.807) is 11.3 Å². The van der Waals surface area contributed by atoms with Crippen LogP contribution in [0.5, 0.6) is 0 Å². The van der Waals surface area contributed by atoms with Gasteiger partial charge in [-0.25, -0.2) is 0 Å². The number of halogens is 1. The number of hydrogen-bond acceptors (Lipinski definition) is 3. The molecule has 0 bridgehead atoms. The van der Waals surface area contributed by atoms with E-state index >= 15 is 0 Å². The van der Waals surface area contributed by atoms with Crippen molar-refractivity contribution in [1.29, 1.82) is 0 Å². The fraction of sp³-hybridized carbons (Fsp3) is 0.615. The number of amides is 1. The minimum Gasteiger partial charge on any atom is -0.338 e. The van der Waals surface area contributed by atoms with Crippen LogP contribution in [-0.2, 0) is 0 Å². The molecule has 1 aliphatic heterocycles. The van der Waals surface area contributed by atoms with Crippen molar-refractivity contribution in [3.05, 3.63) is 21.4 Å². The quantitative estimate of drug-likeness (QED) is 0.909. The summed E-state index contributed by atoms with van der Waals surface area (Å²) in [5.74, 6) is 0.635. The van der Waals surface area contributed by atoms with Crippen molar-refractivity contribution in [3.63, 3.8) is 0 Å². The molecule has 0 saturated carbocycles. The summed E-state index contributed by atoms with van der Waals surface area (Å²) in [5, 5.41) is 0. The molecule has 5 heteroatoms. The fourth-order valence-corrected chi connectivity index (χ4v) is 3.24. The Hall–Kier alpha value is -0.580. The zero-order valence-electron chi connectivity index (χ0n) is 11.1. The van der Waals surface area contributed by atoms with Crippen LogP contribution in [0.3, 0.4) is 0 Å². The number of rotatable bonds is 2. The first-order valence-corrected chi connectivity index (χ1v) is 6.92. The van der Waals surface area contributed by atoms with Crippen LogP contribution in [0.4, 0.5) is 0 Å². The summed E-state index contributed by atoms with van der Waals surface area (Å²) < 4.78 is 0. The van der Waals surface area contributed by atoms with E-state index in [1.165, 1.54) is 10.4 Å². The number of nitrogens with zero attached hydrogens (tertiary/aromatic N) is 1. The molecule has 2 unspecified atom stereocenters. The van der Waals surface area contributed by atoms with Gasteiger partial charge in [-0.05, 0) is 44.7 Å². The topological polar surface area (TPSA) is 46.3 Å². The van der Waals surface area contributed by atoms with Crippen LogP contribution < -0.4 is 5.73 Å². The normalized spacial score (nSPS) is 20.7. The second kappa shape index (κ2) is 6.04. The van der Waals surface area contributed by atoms with E-state index in [-0.39, 0.29) is 24.4 Å². The van der Waals surface area contributed by atoms with Crippen LogP contribution in [0.15, 0.2) is 6.07 Å². The molecule has 1 amide bonds. The zero-order chi connectivity index (χ0) is 12.6. The second-order valence-electron chi connectivity index (χ2n) is 5.01. The third kappa shape index (κ3) is 3.05. The summed E-state index contributed by atoms with van der Waals surface area (Å²) >= 11 is 1.60. The van der Waals surface area contributed by atoms with Crippen molar-refractivity contribution < 1.29 is 4.79 Å². The van der Waals surface area contributed by atoms with Gasteiger partial charge in [-0.3, -0.25) is 4.79 Å². The molecule has 2 heterocycles. The number of nitrogens with two attached hydrogens (primary N) is 1. The van der Waals surface area contributed by atoms with Crippen LogP contribution in [0, 0.1) is 19.8 Å². The lowest BCUT2D eigenvalue weighted by Gasteiger charge is -2.17. The van der Waals surface area contributed by atoms with Crippen LogP contribution in [0.2, 0.25) is 0 Å². The van der Waals surface area contributed by atoms with Gasteiger partial charge >= 0.3 is 0 Å². The molecule has 0 spiro atoms. The first-order chi connectivity index (χ1) is 7.99. The minimum atomic E-state index is 0. The van der Waals surface area contributed by atoms with Crippen molar-refractivity contribution in [3.8, 4) is 0 Å². The van der Waals surface area contributed by atoms with Gasteiger partial charge in [-0.15, -0.1) is 23.7 Å². The molecule has 0 radical (unpaired) electrons. The Morgan fingerprint density at radius 2 is 2.22 bits per heavy atom. The third-order valence-corrected chi connectivity index (χ3v) is 4.77. The predicted molar refractivity (Wildman–Crippen MR) is 78.7 cm³/mol. The number of carbonyl (C=O) groups is 1. The highest BCUT2D eigenvalue weighted by Crippen LogP contribution is 2.25. The fourth-order valence-electron chi connectivity index (χ4n) is 2.24. The van der Waals surface area contributed by atoms with Gasteiger partial charge in [-0.1, -0.05) is 0 Å². The Kier molecular flexibility index (Phi) is 5.20. The van der Waals surface area contributed by atoms with Crippen LogP contribution in [0.1, 0.15) is 33.5 Å². The highest BCUT2D eigenvalue weighted by Gasteiger charge is 2.29. The maximum atomic E-state index is 12.3. The highest BCUT2D eigenvalue weighted by molar-refractivity contribution is 7.14. The Morgan fingerprint density at radius 1 is 1.56 bits per heavy atom.